The highest BCUT2D eigenvalue weighted by molar-refractivity contribution is 5.06. The van der Waals surface area contributed by atoms with Crippen molar-refractivity contribution in [2.45, 2.75) is 71.1 Å². The first-order chi connectivity index (χ1) is 10.0. The fourth-order valence-electron chi connectivity index (χ4n) is 3.63. The highest BCUT2D eigenvalue weighted by Crippen LogP contribution is 2.41. The summed E-state index contributed by atoms with van der Waals surface area (Å²) in [4.78, 5) is 2.65. The molecule has 2 heterocycles. The van der Waals surface area contributed by atoms with Crippen molar-refractivity contribution in [3.8, 4) is 0 Å². The number of aromatic nitrogens is 2. The Morgan fingerprint density at radius 2 is 2.19 bits per heavy atom. The second-order valence-corrected chi connectivity index (χ2v) is 7.42. The maximum absolute atomic E-state index is 4.74. The SMILES string of the molecule is CCC1CNC(C)(C2CC2)CN1Cc1ccn(C(C)C)n1. The Kier molecular flexibility index (Phi) is 4.10. The predicted octanol–water partition coefficient (Wildman–Crippen LogP) is 2.82. The minimum absolute atomic E-state index is 0.312. The largest absolute Gasteiger partial charge is 0.308 e. The van der Waals surface area contributed by atoms with Gasteiger partial charge in [-0.3, -0.25) is 9.58 Å². The minimum atomic E-state index is 0.312. The number of hydrogen-bond donors (Lipinski definition) is 1. The van der Waals surface area contributed by atoms with Gasteiger partial charge in [0.1, 0.15) is 0 Å². The molecule has 1 aliphatic heterocycles. The second kappa shape index (κ2) is 5.73. The third-order valence-electron chi connectivity index (χ3n) is 5.30. The Balaban J connectivity index is 1.70. The average molecular weight is 290 g/mol. The quantitative estimate of drug-likeness (QED) is 0.905. The van der Waals surface area contributed by atoms with E-state index >= 15 is 0 Å². The van der Waals surface area contributed by atoms with Crippen molar-refractivity contribution in [2.75, 3.05) is 13.1 Å². The third kappa shape index (κ3) is 3.16. The van der Waals surface area contributed by atoms with Gasteiger partial charge in [-0.1, -0.05) is 6.92 Å². The first-order valence-corrected chi connectivity index (χ1v) is 8.55. The van der Waals surface area contributed by atoms with Crippen molar-refractivity contribution in [3.05, 3.63) is 18.0 Å². The van der Waals surface area contributed by atoms with Gasteiger partial charge in [0.05, 0.1) is 5.69 Å². The fraction of sp³-hybridized carbons (Fsp3) is 0.824. The first kappa shape index (κ1) is 15.0. The molecule has 2 fully saturated rings. The molecular weight excluding hydrogens is 260 g/mol. The van der Waals surface area contributed by atoms with Crippen LogP contribution in [0.3, 0.4) is 0 Å². The lowest BCUT2D eigenvalue weighted by Crippen LogP contribution is -2.63. The van der Waals surface area contributed by atoms with Gasteiger partial charge in [0.25, 0.3) is 0 Å². The zero-order valence-electron chi connectivity index (χ0n) is 14.0. The smallest absolute Gasteiger partial charge is 0.0765 e. The van der Waals surface area contributed by atoms with Gasteiger partial charge in [-0.05, 0) is 52.0 Å². The molecule has 3 rings (SSSR count). The van der Waals surface area contributed by atoms with Gasteiger partial charge >= 0.3 is 0 Å². The molecule has 2 atom stereocenters. The van der Waals surface area contributed by atoms with Gasteiger partial charge in [-0.15, -0.1) is 0 Å². The van der Waals surface area contributed by atoms with Crippen LogP contribution in [0.5, 0.6) is 0 Å². The minimum Gasteiger partial charge on any atom is -0.308 e. The van der Waals surface area contributed by atoms with E-state index in [1.807, 2.05) is 0 Å². The Bertz CT molecular complexity index is 477. The molecule has 0 spiro atoms. The van der Waals surface area contributed by atoms with Crippen LogP contribution in [-0.4, -0.2) is 39.4 Å². The summed E-state index contributed by atoms with van der Waals surface area (Å²) in [7, 11) is 0. The van der Waals surface area contributed by atoms with Crippen LogP contribution in [0.2, 0.25) is 0 Å². The van der Waals surface area contributed by atoms with Crippen LogP contribution >= 0.6 is 0 Å². The predicted molar refractivity (Wildman–Crippen MR) is 86.2 cm³/mol. The van der Waals surface area contributed by atoms with Gasteiger partial charge in [-0.25, -0.2) is 0 Å². The first-order valence-electron chi connectivity index (χ1n) is 8.55. The van der Waals surface area contributed by atoms with Gasteiger partial charge in [0, 0.05) is 43.5 Å². The maximum atomic E-state index is 4.74. The van der Waals surface area contributed by atoms with Gasteiger partial charge in [0.2, 0.25) is 0 Å². The third-order valence-corrected chi connectivity index (χ3v) is 5.30. The van der Waals surface area contributed by atoms with Crippen LogP contribution in [-0.2, 0) is 6.54 Å². The van der Waals surface area contributed by atoms with Crippen LogP contribution in [0.25, 0.3) is 0 Å². The highest BCUT2D eigenvalue weighted by atomic mass is 15.3. The summed E-state index contributed by atoms with van der Waals surface area (Å²) in [5.41, 5.74) is 1.52. The molecule has 0 radical (unpaired) electrons. The van der Waals surface area contributed by atoms with Crippen LogP contribution in [0.15, 0.2) is 12.3 Å². The Labute approximate surface area is 128 Å². The zero-order chi connectivity index (χ0) is 15.0. The lowest BCUT2D eigenvalue weighted by atomic mass is 9.90. The molecule has 1 aromatic heterocycles. The number of piperazine rings is 1. The number of hydrogen-bond acceptors (Lipinski definition) is 3. The zero-order valence-corrected chi connectivity index (χ0v) is 14.0. The molecule has 1 saturated heterocycles. The molecule has 1 saturated carbocycles. The molecule has 4 nitrogen and oxygen atoms in total. The molecule has 118 valence electrons. The monoisotopic (exact) mass is 290 g/mol. The van der Waals surface area contributed by atoms with Crippen LogP contribution in [0, 0.1) is 5.92 Å². The Morgan fingerprint density at radius 1 is 1.43 bits per heavy atom. The summed E-state index contributed by atoms with van der Waals surface area (Å²) < 4.78 is 2.07. The summed E-state index contributed by atoms with van der Waals surface area (Å²) >= 11 is 0. The molecule has 1 aromatic rings. The fourth-order valence-corrected chi connectivity index (χ4v) is 3.63. The van der Waals surface area contributed by atoms with E-state index in [-0.39, 0.29) is 0 Å². The standard InChI is InChI=1S/C17H30N4/c1-5-16-10-18-17(4,14-6-7-14)12-20(16)11-15-8-9-21(19-15)13(2)3/h8-9,13-14,16,18H,5-7,10-12H2,1-4H3. The molecule has 2 unspecified atom stereocenters. The van der Waals surface area contributed by atoms with Crippen molar-refractivity contribution < 1.29 is 0 Å². The average Bonchev–Trinajstić information content (AvgIpc) is 3.20. The number of nitrogens with one attached hydrogen (secondary N) is 1. The summed E-state index contributed by atoms with van der Waals surface area (Å²) in [5, 5.41) is 8.57. The van der Waals surface area contributed by atoms with Crippen molar-refractivity contribution in [2.24, 2.45) is 5.92 Å². The van der Waals surface area contributed by atoms with Crippen molar-refractivity contribution >= 4 is 0 Å². The van der Waals surface area contributed by atoms with E-state index in [2.05, 4.69) is 54.9 Å². The Morgan fingerprint density at radius 3 is 2.76 bits per heavy atom. The molecule has 4 heteroatoms. The topological polar surface area (TPSA) is 33.1 Å². The second-order valence-electron chi connectivity index (χ2n) is 7.42. The maximum Gasteiger partial charge on any atom is 0.0765 e. The van der Waals surface area contributed by atoms with Gasteiger partial charge < -0.3 is 5.32 Å². The van der Waals surface area contributed by atoms with E-state index < -0.39 is 0 Å². The molecule has 0 amide bonds. The molecule has 1 N–H and O–H groups in total. The molecule has 21 heavy (non-hydrogen) atoms. The van der Waals surface area contributed by atoms with E-state index in [0.717, 1.165) is 25.6 Å². The molecule has 2 aliphatic rings. The van der Waals surface area contributed by atoms with Crippen LogP contribution < -0.4 is 5.32 Å². The van der Waals surface area contributed by atoms with Crippen molar-refractivity contribution in [3.63, 3.8) is 0 Å². The van der Waals surface area contributed by atoms with Gasteiger partial charge in [-0.2, -0.15) is 5.10 Å². The molecular formula is C17H30N4. The van der Waals surface area contributed by atoms with E-state index in [1.54, 1.807) is 0 Å². The van der Waals surface area contributed by atoms with Gasteiger partial charge in [0.15, 0.2) is 0 Å². The summed E-state index contributed by atoms with van der Waals surface area (Å²) in [6.45, 7) is 12.3. The van der Waals surface area contributed by atoms with Crippen molar-refractivity contribution in [1.82, 2.24) is 20.0 Å². The van der Waals surface area contributed by atoms with E-state index in [9.17, 15) is 0 Å². The lowest BCUT2D eigenvalue weighted by Gasteiger charge is -2.46. The van der Waals surface area contributed by atoms with Crippen LogP contribution in [0.1, 0.15) is 58.7 Å². The summed E-state index contributed by atoms with van der Waals surface area (Å²) in [6, 6.07) is 3.27. The van der Waals surface area contributed by atoms with E-state index in [0.29, 0.717) is 17.6 Å². The summed E-state index contributed by atoms with van der Waals surface area (Å²) in [6.07, 6.45) is 6.12. The summed E-state index contributed by atoms with van der Waals surface area (Å²) in [5.74, 6) is 0.881. The lowest BCUT2D eigenvalue weighted by molar-refractivity contribution is 0.0654. The highest BCUT2D eigenvalue weighted by Gasteiger charge is 2.45. The van der Waals surface area contributed by atoms with Crippen LogP contribution in [0.4, 0.5) is 0 Å². The molecule has 1 aliphatic carbocycles. The molecule has 0 bridgehead atoms. The molecule has 0 aromatic carbocycles. The number of rotatable bonds is 5. The number of nitrogens with zero attached hydrogens (tertiary/aromatic N) is 3. The Hall–Kier alpha value is -0.870. The van der Waals surface area contributed by atoms with E-state index in [4.69, 9.17) is 5.10 Å². The normalized spacial score (nSPS) is 31.0. The van der Waals surface area contributed by atoms with E-state index in [1.165, 1.54) is 25.0 Å². The van der Waals surface area contributed by atoms with Crippen molar-refractivity contribution in [1.29, 1.82) is 0 Å².